The smallest absolute Gasteiger partial charge is 0.408 e. The van der Waals surface area contributed by atoms with E-state index in [0.717, 1.165) is 23.8 Å². The summed E-state index contributed by atoms with van der Waals surface area (Å²) in [6.45, 7) is 7.11. The quantitative estimate of drug-likeness (QED) is 0.194. The standard InChI is InChI=1S/C43H51N5O10S/c1-24-13-18-34-30(19-24)35-37(57-34)36(29-17-14-26(55-5)20-32(29)44-35)56-27-21-33-38(49)46-43(40(51)47-59(53,54)28-15-16-28)22-25(43)11-9-7-6-8-10-12-31(39(50)48(33)23-27)45-41(52)58-42(2,3)4/h9,11,13-14,17-20,25,27-28,31,33H,6-8,10,12,15-16,21-23H2,1-5H3,(H,45,52)(H,46,49)(H,47,51)/b11-9-/t25-,27+,31-,33-,43+/m0/s1. The van der Waals surface area contributed by atoms with Gasteiger partial charge in [-0.25, -0.2) is 18.2 Å². The Hall–Kier alpha value is -5.38. The Morgan fingerprint density at radius 3 is 2.58 bits per heavy atom. The number of allylic oxidation sites excluding steroid dienone is 1. The van der Waals surface area contributed by atoms with Gasteiger partial charge in [0.1, 0.15) is 46.2 Å². The first-order valence-electron chi connectivity index (χ1n) is 20.4. The average Bonchev–Trinajstić information content (AvgIpc) is 4.08. The second-order valence-corrected chi connectivity index (χ2v) is 19.3. The second-order valence-electron chi connectivity index (χ2n) is 17.3. The van der Waals surface area contributed by atoms with Crippen molar-refractivity contribution in [2.24, 2.45) is 5.92 Å². The number of rotatable bonds is 7. The van der Waals surface area contributed by atoms with Gasteiger partial charge in [-0.2, -0.15) is 0 Å². The van der Waals surface area contributed by atoms with Crippen LogP contribution in [0.4, 0.5) is 4.79 Å². The minimum absolute atomic E-state index is 0.0100. The van der Waals surface area contributed by atoms with Gasteiger partial charge < -0.3 is 34.2 Å². The van der Waals surface area contributed by atoms with E-state index >= 15 is 0 Å². The van der Waals surface area contributed by atoms with Gasteiger partial charge in [-0.1, -0.05) is 36.6 Å². The number of methoxy groups -OCH3 is 1. The molecular formula is C43H51N5O10S. The minimum Gasteiger partial charge on any atom is -0.497 e. The molecule has 2 saturated carbocycles. The number of ether oxygens (including phenoxy) is 3. The highest BCUT2D eigenvalue weighted by Gasteiger charge is 2.62. The molecule has 2 aromatic heterocycles. The molecule has 1 saturated heterocycles. The Kier molecular flexibility index (Phi) is 10.5. The van der Waals surface area contributed by atoms with Crippen LogP contribution in [0.3, 0.4) is 0 Å². The first kappa shape index (κ1) is 40.4. The third-order valence-corrected chi connectivity index (χ3v) is 13.3. The lowest BCUT2D eigenvalue weighted by molar-refractivity contribution is -0.141. The molecular weight excluding hydrogens is 779 g/mol. The van der Waals surface area contributed by atoms with Crippen LogP contribution in [0.25, 0.3) is 33.0 Å². The van der Waals surface area contributed by atoms with Crippen LogP contribution in [0.5, 0.6) is 11.5 Å². The van der Waals surface area contributed by atoms with E-state index in [-0.39, 0.29) is 19.4 Å². The van der Waals surface area contributed by atoms with Gasteiger partial charge in [-0.15, -0.1) is 0 Å². The summed E-state index contributed by atoms with van der Waals surface area (Å²) in [5.74, 6) is -1.43. The van der Waals surface area contributed by atoms with Crippen LogP contribution in [0.1, 0.15) is 84.1 Å². The third kappa shape index (κ3) is 8.28. The number of amides is 4. The number of hydrogen-bond acceptors (Lipinski definition) is 11. The van der Waals surface area contributed by atoms with Crippen LogP contribution in [-0.4, -0.2) is 90.3 Å². The highest BCUT2D eigenvalue weighted by molar-refractivity contribution is 7.91. The van der Waals surface area contributed by atoms with Gasteiger partial charge in [0.2, 0.25) is 21.8 Å². The number of carbonyl (C=O) groups is 4. The minimum atomic E-state index is -3.92. The predicted octanol–water partition coefficient (Wildman–Crippen LogP) is 5.70. The van der Waals surface area contributed by atoms with Crippen LogP contribution in [0.2, 0.25) is 0 Å². The molecule has 4 aromatic rings. The Morgan fingerprint density at radius 2 is 1.83 bits per heavy atom. The Balaban J connectivity index is 1.17. The van der Waals surface area contributed by atoms with Crippen LogP contribution in [-0.2, 0) is 29.1 Å². The van der Waals surface area contributed by atoms with Crippen molar-refractivity contribution in [3.8, 4) is 11.5 Å². The fraction of sp³-hybridized carbons (Fsp3) is 0.512. The molecule has 4 heterocycles. The van der Waals surface area contributed by atoms with Crippen LogP contribution in [0.15, 0.2) is 53.0 Å². The van der Waals surface area contributed by atoms with Crippen molar-refractivity contribution < 1.29 is 46.2 Å². The Bertz CT molecular complexity index is 2490. The first-order valence-corrected chi connectivity index (χ1v) is 21.9. The molecule has 4 amide bonds. The van der Waals surface area contributed by atoms with Crippen LogP contribution < -0.4 is 24.8 Å². The summed E-state index contributed by atoms with van der Waals surface area (Å²) in [4.78, 5) is 62.7. The van der Waals surface area contributed by atoms with Crippen molar-refractivity contribution in [1.82, 2.24) is 25.2 Å². The maximum Gasteiger partial charge on any atom is 0.408 e. The third-order valence-electron chi connectivity index (χ3n) is 11.5. The molecule has 0 spiro atoms. The lowest BCUT2D eigenvalue weighted by atomic mass is 10.0. The summed E-state index contributed by atoms with van der Waals surface area (Å²) < 4.78 is 52.4. The van der Waals surface area contributed by atoms with Crippen molar-refractivity contribution in [1.29, 1.82) is 0 Å². The van der Waals surface area contributed by atoms with E-state index in [0.29, 0.717) is 71.2 Å². The van der Waals surface area contributed by atoms with E-state index in [1.807, 2.05) is 43.3 Å². The Morgan fingerprint density at radius 1 is 1.03 bits per heavy atom. The van der Waals surface area contributed by atoms with Crippen LogP contribution >= 0.6 is 0 Å². The van der Waals surface area contributed by atoms with E-state index in [4.69, 9.17) is 23.6 Å². The lowest BCUT2D eigenvalue weighted by Gasteiger charge is -2.30. The highest BCUT2D eigenvalue weighted by Crippen LogP contribution is 2.46. The van der Waals surface area contributed by atoms with Gasteiger partial charge in [-0.3, -0.25) is 19.1 Å². The summed E-state index contributed by atoms with van der Waals surface area (Å²) in [5, 5.41) is 6.45. The van der Waals surface area contributed by atoms with Gasteiger partial charge in [0.15, 0.2) is 11.3 Å². The van der Waals surface area contributed by atoms with E-state index in [9.17, 15) is 27.6 Å². The fourth-order valence-corrected chi connectivity index (χ4v) is 9.57. The number of nitrogens with one attached hydrogen (secondary N) is 3. The molecule has 3 fully saturated rings. The van der Waals surface area contributed by atoms with Gasteiger partial charge >= 0.3 is 6.09 Å². The van der Waals surface area contributed by atoms with Crippen molar-refractivity contribution in [3.05, 3.63) is 54.1 Å². The average molecular weight is 830 g/mol. The van der Waals surface area contributed by atoms with Crippen molar-refractivity contribution >= 4 is 66.8 Å². The van der Waals surface area contributed by atoms with Crippen LogP contribution in [0, 0.1) is 12.8 Å². The van der Waals surface area contributed by atoms with E-state index < -0.39 is 74.3 Å². The summed E-state index contributed by atoms with van der Waals surface area (Å²) >= 11 is 0. The molecule has 59 heavy (non-hydrogen) atoms. The van der Waals surface area contributed by atoms with Gasteiger partial charge in [0.25, 0.3) is 5.91 Å². The van der Waals surface area contributed by atoms with Gasteiger partial charge in [-0.05, 0) is 90.5 Å². The molecule has 8 rings (SSSR count). The topological polar surface area (TPSA) is 195 Å². The second kappa shape index (κ2) is 15.3. The number of sulfonamides is 1. The monoisotopic (exact) mass is 829 g/mol. The first-order chi connectivity index (χ1) is 28.0. The molecule has 3 N–H and O–H groups in total. The number of aromatic nitrogens is 1. The largest absolute Gasteiger partial charge is 0.497 e. The molecule has 0 radical (unpaired) electrons. The summed E-state index contributed by atoms with van der Waals surface area (Å²) in [5.41, 5.74) is 0.819. The normalized spacial score (nSPS) is 25.9. The number of carbonyl (C=O) groups excluding carboxylic acids is 4. The zero-order chi connectivity index (χ0) is 41.9. The van der Waals surface area contributed by atoms with Gasteiger partial charge in [0, 0.05) is 29.2 Å². The van der Waals surface area contributed by atoms with E-state index in [1.54, 1.807) is 40.0 Å². The number of nitrogens with zero attached hydrogens (tertiary/aromatic N) is 2. The molecule has 15 nitrogen and oxygen atoms in total. The molecule has 16 heteroatoms. The van der Waals surface area contributed by atoms with E-state index in [2.05, 4.69) is 15.4 Å². The number of fused-ring (bicyclic) bond motifs is 6. The molecule has 4 aliphatic rings. The highest BCUT2D eigenvalue weighted by atomic mass is 32.2. The lowest BCUT2D eigenvalue weighted by Crippen LogP contribution is -2.58. The van der Waals surface area contributed by atoms with Crippen molar-refractivity contribution in [2.45, 2.75) is 120 Å². The number of furan rings is 1. The zero-order valence-corrected chi connectivity index (χ0v) is 34.8. The molecule has 2 aliphatic heterocycles. The van der Waals surface area contributed by atoms with Gasteiger partial charge in [0.05, 0.1) is 24.4 Å². The summed E-state index contributed by atoms with van der Waals surface area (Å²) in [6, 6.07) is 9.01. The number of benzene rings is 2. The number of alkyl carbamates (subject to hydrolysis) is 1. The van der Waals surface area contributed by atoms with E-state index in [1.165, 1.54) is 4.90 Å². The van der Waals surface area contributed by atoms with Crippen molar-refractivity contribution in [2.75, 3.05) is 13.7 Å². The molecule has 2 aliphatic carbocycles. The Labute approximate surface area is 342 Å². The maximum atomic E-state index is 14.7. The molecule has 5 atom stereocenters. The molecule has 0 bridgehead atoms. The molecule has 2 aromatic carbocycles. The summed E-state index contributed by atoms with van der Waals surface area (Å²) in [6.07, 6.45) is 6.52. The molecule has 0 unspecified atom stereocenters. The fourth-order valence-electron chi connectivity index (χ4n) is 8.21. The number of aryl methyl sites for hydroxylation is 1. The predicted molar refractivity (Wildman–Crippen MR) is 219 cm³/mol. The number of pyridine rings is 1. The van der Waals surface area contributed by atoms with Crippen molar-refractivity contribution in [3.63, 3.8) is 0 Å². The molecule has 314 valence electrons. The zero-order valence-electron chi connectivity index (χ0n) is 34.0. The summed E-state index contributed by atoms with van der Waals surface area (Å²) in [7, 11) is -2.35. The number of hydrogen-bond donors (Lipinski definition) is 3. The maximum absolute atomic E-state index is 14.7. The SMILES string of the molecule is COc1ccc2c(O[C@@H]3C[C@H]4C(=O)N[C@]5(C(=O)NS(=O)(=O)C6CC6)C[C@@H]5/C=C\CCCCC[C@H](NC(=O)OC(C)(C)C)C(=O)N4C3)c3oc4ccc(C)cc4c3nc2c1.